The fourth-order valence-electron chi connectivity index (χ4n) is 3.86. The second-order valence-corrected chi connectivity index (χ2v) is 9.31. The first-order valence-electron chi connectivity index (χ1n) is 11.2. The Kier molecular flexibility index (Phi) is 7.45. The lowest BCUT2D eigenvalue weighted by Gasteiger charge is -2.15. The van der Waals surface area contributed by atoms with E-state index < -0.39 is 29.4 Å². The fraction of sp³-hybridized carbons (Fsp3) is 0.192. The van der Waals surface area contributed by atoms with E-state index in [4.69, 9.17) is 5.73 Å². The first-order chi connectivity index (χ1) is 17.8. The summed E-state index contributed by atoms with van der Waals surface area (Å²) in [5.41, 5.74) is 6.07. The molecule has 2 aromatic carbocycles. The molecule has 0 fully saturated rings. The third-order valence-corrected chi connectivity index (χ3v) is 6.39. The quantitative estimate of drug-likeness (QED) is 0.260. The number of nitrogen functional groups attached to an aromatic ring is 1. The van der Waals surface area contributed by atoms with Gasteiger partial charge in [-0.25, -0.2) is 4.98 Å². The van der Waals surface area contributed by atoms with Crippen LogP contribution in [0, 0.1) is 6.92 Å². The number of thiazole rings is 1. The van der Waals surface area contributed by atoms with Gasteiger partial charge in [-0.3, -0.25) is 9.78 Å². The van der Waals surface area contributed by atoms with Crippen molar-refractivity contribution < 1.29 is 31.1 Å². The third kappa shape index (κ3) is 6.13. The molecule has 4 rings (SSSR count). The average Bonchev–Trinajstić information content (AvgIpc) is 3.29. The number of halogens is 6. The molecular formula is C26H20F6N4OS. The maximum Gasteiger partial charge on any atom is 0.416 e. The molecule has 0 aliphatic carbocycles. The van der Waals surface area contributed by atoms with Crippen molar-refractivity contribution in [2.45, 2.75) is 25.7 Å². The van der Waals surface area contributed by atoms with Crippen LogP contribution in [0.15, 0.2) is 60.1 Å². The van der Waals surface area contributed by atoms with E-state index in [1.807, 2.05) is 25.1 Å². The molecule has 5 nitrogen and oxygen atoms in total. The van der Waals surface area contributed by atoms with E-state index in [1.165, 1.54) is 17.5 Å². The summed E-state index contributed by atoms with van der Waals surface area (Å²) in [4.78, 5) is 21.6. The van der Waals surface area contributed by atoms with Crippen molar-refractivity contribution in [1.82, 2.24) is 15.3 Å². The Balaban J connectivity index is 1.60. The predicted octanol–water partition coefficient (Wildman–Crippen LogP) is 6.77. The molecule has 2 heterocycles. The Labute approximate surface area is 217 Å². The van der Waals surface area contributed by atoms with Crippen LogP contribution in [0.1, 0.15) is 32.6 Å². The molecule has 38 heavy (non-hydrogen) atoms. The zero-order valence-corrected chi connectivity index (χ0v) is 20.6. The van der Waals surface area contributed by atoms with Gasteiger partial charge in [-0.15, -0.1) is 11.3 Å². The van der Waals surface area contributed by atoms with Crippen molar-refractivity contribution in [3.8, 4) is 22.5 Å². The monoisotopic (exact) mass is 550 g/mol. The van der Waals surface area contributed by atoms with Crippen LogP contribution in [-0.2, 0) is 18.8 Å². The molecule has 0 bridgehead atoms. The summed E-state index contributed by atoms with van der Waals surface area (Å²) in [7, 11) is 0. The summed E-state index contributed by atoms with van der Waals surface area (Å²) < 4.78 is 78.9. The molecule has 0 atom stereocenters. The Morgan fingerprint density at radius 3 is 2.18 bits per heavy atom. The number of aryl methyl sites for hydroxylation is 1. The van der Waals surface area contributed by atoms with Gasteiger partial charge in [0.05, 0.1) is 22.4 Å². The lowest BCUT2D eigenvalue weighted by atomic mass is 9.96. The summed E-state index contributed by atoms with van der Waals surface area (Å²) in [5.74, 6) is -0.580. The number of hydrogen-bond acceptors (Lipinski definition) is 5. The van der Waals surface area contributed by atoms with Gasteiger partial charge in [-0.05, 0) is 59.9 Å². The van der Waals surface area contributed by atoms with Crippen LogP contribution in [0.5, 0.6) is 0 Å². The number of nitrogens with two attached hydrogens (primary N) is 1. The van der Waals surface area contributed by atoms with E-state index in [2.05, 4.69) is 15.3 Å². The van der Waals surface area contributed by atoms with Gasteiger partial charge in [-0.2, -0.15) is 26.3 Å². The van der Waals surface area contributed by atoms with Gasteiger partial charge < -0.3 is 11.1 Å². The number of carbonyl (C=O) groups excluding carboxylic acids is 1. The highest BCUT2D eigenvalue weighted by Gasteiger charge is 2.36. The summed E-state index contributed by atoms with van der Waals surface area (Å²) in [5, 5.41) is 4.66. The molecule has 0 aliphatic rings. The summed E-state index contributed by atoms with van der Waals surface area (Å²) in [6.45, 7) is 1.67. The van der Waals surface area contributed by atoms with E-state index in [0.29, 0.717) is 34.2 Å². The van der Waals surface area contributed by atoms with Gasteiger partial charge in [0.1, 0.15) is 5.69 Å². The second-order valence-electron chi connectivity index (χ2n) is 8.42. The van der Waals surface area contributed by atoms with Crippen molar-refractivity contribution in [2.75, 3.05) is 12.3 Å². The maximum atomic E-state index is 13.1. The third-order valence-electron chi connectivity index (χ3n) is 5.71. The number of nitrogens with one attached hydrogen (secondary N) is 1. The number of nitrogens with zero attached hydrogens (tertiary/aromatic N) is 2. The van der Waals surface area contributed by atoms with Crippen LogP contribution in [-0.4, -0.2) is 22.4 Å². The van der Waals surface area contributed by atoms with Crippen molar-refractivity contribution in [3.05, 3.63) is 87.9 Å². The molecule has 198 valence electrons. The smallest absolute Gasteiger partial charge is 0.375 e. The number of alkyl halides is 6. The molecule has 0 unspecified atom stereocenters. The molecule has 4 aromatic rings. The van der Waals surface area contributed by atoms with Crippen molar-refractivity contribution in [1.29, 1.82) is 0 Å². The number of benzene rings is 2. The molecule has 0 spiro atoms. The van der Waals surface area contributed by atoms with E-state index in [9.17, 15) is 31.1 Å². The molecule has 0 radical (unpaired) electrons. The zero-order chi connectivity index (χ0) is 27.7. The van der Waals surface area contributed by atoms with Crippen molar-refractivity contribution in [3.63, 3.8) is 0 Å². The number of amides is 1. The van der Waals surface area contributed by atoms with Crippen LogP contribution < -0.4 is 11.1 Å². The molecule has 0 aliphatic heterocycles. The van der Waals surface area contributed by atoms with Crippen LogP contribution in [0.2, 0.25) is 0 Å². The topological polar surface area (TPSA) is 80.9 Å². The zero-order valence-electron chi connectivity index (χ0n) is 19.7. The fourth-order valence-corrected chi connectivity index (χ4v) is 4.42. The molecule has 0 saturated heterocycles. The van der Waals surface area contributed by atoms with Crippen LogP contribution in [0.25, 0.3) is 22.5 Å². The van der Waals surface area contributed by atoms with Crippen LogP contribution in [0.3, 0.4) is 0 Å². The first-order valence-corrected chi connectivity index (χ1v) is 12.0. The number of rotatable bonds is 6. The van der Waals surface area contributed by atoms with E-state index >= 15 is 0 Å². The number of anilines is 1. The highest BCUT2D eigenvalue weighted by atomic mass is 32.1. The van der Waals surface area contributed by atoms with Crippen LogP contribution in [0.4, 0.5) is 31.5 Å². The van der Waals surface area contributed by atoms with Crippen molar-refractivity contribution in [2.24, 2.45) is 0 Å². The molecule has 12 heteroatoms. The Morgan fingerprint density at radius 2 is 1.61 bits per heavy atom. The predicted molar refractivity (Wildman–Crippen MR) is 132 cm³/mol. The minimum atomic E-state index is -4.95. The molecule has 0 saturated carbocycles. The maximum absolute atomic E-state index is 13.1. The highest BCUT2D eigenvalue weighted by molar-refractivity contribution is 7.13. The number of pyridine rings is 1. The standard InChI is InChI=1S/C26H20F6N4OS/c1-14-4-2-3-5-18(14)19-11-21(22-13-38-24(33)36-22)35-12-20(19)23(37)34-7-6-15-8-16(25(27,28)29)10-17(9-15)26(30,31)32/h2-5,8-13H,6-7H2,1H3,(H2,33,36)(H,34,37). The summed E-state index contributed by atoms with van der Waals surface area (Å²) in [6.07, 6.45) is -8.79. The molecule has 1 amide bonds. The lowest BCUT2D eigenvalue weighted by molar-refractivity contribution is -0.143. The van der Waals surface area contributed by atoms with Gasteiger partial charge >= 0.3 is 12.4 Å². The van der Waals surface area contributed by atoms with Gasteiger partial charge in [0.2, 0.25) is 0 Å². The Morgan fingerprint density at radius 1 is 0.947 bits per heavy atom. The first kappa shape index (κ1) is 27.1. The normalized spacial score (nSPS) is 12.0. The minimum Gasteiger partial charge on any atom is -0.375 e. The van der Waals surface area contributed by atoms with E-state index in [1.54, 1.807) is 17.5 Å². The number of hydrogen-bond donors (Lipinski definition) is 2. The van der Waals surface area contributed by atoms with Gasteiger partial charge in [0.15, 0.2) is 5.13 Å². The summed E-state index contributed by atoms with van der Waals surface area (Å²) >= 11 is 1.24. The molecular weight excluding hydrogens is 530 g/mol. The van der Waals surface area contributed by atoms with Gasteiger partial charge in [-0.1, -0.05) is 24.3 Å². The minimum absolute atomic E-state index is 0.0692. The Hall–Kier alpha value is -3.93. The van der Waals surface area contributed by atoms with Gasteiger partial charge in [0, 0.05) is 18.1 Å². The van der Waals surface area contributed by atoms with E-state index in [0.717, 1.165) is 11.1 Å². The summed E-state index contributed by atoms with van der Waals surface area (Å²) in [6, 6.07) is 10.4. The molecule has 2 aromatic heterocycles. The average molecular weight is 551 g/mol. The second kappa shape index (κ2) is 10.4. The SMILES string of the molecule is Cc1ccccc1-c1cc(-c2csc(N)n2)ncc1C(=O)NCCc1cc(C(F)(F)F)cc(C(F)(F)F)c1. The van der Waals surface area contributed by atoms with Crippen molar-refractivity contribution >= 4 is 22.4 Å². The Bertz CT molecular complexity index is 1450. The van der Waals surface area contributed by atoms with Gasteiger partial charge in [0.25, 0.3) is 5.91 Å². The molecule has 3 N–H and O–H groups in total. The number of carbonyl (C=O) groups is 1. The van der Waals surface area contributed by atoms with E-state index in [-0.39, 0.29) is 30.2 Å². The largest absolute Gasteiger partial charge is 0.416 e. The number of aromatic nitrogens is 2. The van der Waals surface area contributed by atoms with Crippen LogP contribution >= 0.6 is 11.3 Å². The lowest BCUT2D eigenvalue weighted by Crippen LogP contribution is -2.26. The highest BCUT2D eigenvalue weighted by Crippen LogP contribution is 2.36.